The number of aryl methyl sites for hydroxylation is 1. The van der Waals surface area contributed by atoms with Gasteiger partial charge in [0.25, 0.3) is 0 Å². The number of anilines is 1. The van der Waals surface area contributed by atoms with Crippen molar-refractivity contribution in [1.29, 1.82) is 0 Å². The fourth-order valence-corrected chi connectivity index (χ4v) is 4.87. The highest BCUT2D eigenvalue weighted by Crippen LogP contribution is 2.45. The van der Waals surface area contributed by atoms with Gasteiger partial charge in [0.15, 0.2) is 5.65 Å². The van der Waals surface area contributed by atoms with Crippen LogP contribution in [0.4, 0.5) is 5.82 Å². The summed E-state index contributed by atoms with van der Waals surface area (Å²) in [6.07, 6.45) is 7.75. The fraction of sp³-hybridized carbons (Fsp3) is 0.379. The van der Waals surface area contributed by atoms with E-state index < -0.39 is 0 Å². The Kier molecular flexibility index (Phi) is 6.83. The van der Waals surface area contributed by atoms with E-state index in [1.165, 1.54) is 0 Å². The molecular formula is C29H34N6O. The normalized spacial score (nSPS) is 14.4. The van der Waals surface area contributed by atoms with Crippen molar-refractivity contribution >= 4 is 17.4 Å². The molecule has 1 aliphatic rings. The Balaban J connectivity index is 1.56. The Morgan fingerprint density at radius 3 is 2.47 bits per heavy atom. The number of pyridine rings is 1. The van der Waals surface area contributed by atoms with Crippen LogP contribution in [0.1, 0.15) is 64.1 Å². The van der Waals surface area contributed by atoms with Crippen LogP contribution in [0.25, 0.3) is 28.0 Å². The number of amides is 1. The van der Waals surface area contributed by atoms with Crippen molar-refractivity contribution in [3.8, 4) is 22.4 Å². The lowest BCUT2D eigenvalue weighted by molar-refractivity contribution is -0.114. The number of carbonyl (C=O) groups excluding carboxylic acids is 1. The zero-order valence-electron chi connectivity index (χ0n) is 21.5. The molecule has 4 aromatic rings. The van der Waals surface area contributed by atoms with Gasteiger partial charge in [0.2, 0.25) is 5.91 Å². The number of aromatic nitrogens is 4. The van der Waals surface area contributed by atoms with Crippen LogP contribution >= 0.6 is 0 Å². The van der Waals surface area contributed by atoms with Gasteiger partial charge in [-0.1, -0.05) is 50.2 Å². The van der Waals surface area contributed by atoms with Crippen LogP contribution in [0.15, 0.2) is 54.9 Å². The summed E-state index contributed by atoms with van der Waals surface area (Å²) in [7, 11) is 0. The van der Waals surface area contributed by atoms with Crippen LogP contribution in [0.5, 0.6) is 0 Å². The van der Waals surface area contributed by atoms with Gasteiger partial charge < -0.3 is 10.6 Å². The van der Waals surface area contributed by atoms with E-state index in [0.717, 1.165) is 70.8 Å². The van der Waals surface area contributed by atoms with Gasteiger partial charge in [0, 0.05) is 47.5 Å². The summed E-state index contributed by atoms with van der Waals surface area (Å²) in [5.74, 6) is 1.08. The van der Waals surface area contributed by atoms with E-state index >= 15 is 0 Å². The third-order valence-electron chi connectivity index (χ3n) is 6.62. The van der Waals surface area contributed by atoms with E-state index in [1.54, 1.807) is 11.4 Å². The predicted octanol–water partition coefficient (Wildman–Crippen LogP) is 5.61. The number of rotatable bonds is 9. The monoisotopic (exact) mass is 482 g/mol. The van der Waals surface area contributed by atoms with Crippen molar-refractivity contribution in [2.75, 3.05) is 5.32 Å². The maximum absolute atomic E-state index is 12.2. The average molecular weight is 483 g/mol. The molecule has 7 nitrogen and oxygen atoms in total. The zero-order valence-corrected chi connectivity index (χ0v) is 21.5. The van der Waals surface area contributed by atoms with Crippen LogP contribution in [0, 0.1) is 0 Å². The predicted molar refractivity (Wildman–Crippen MR) is 144 cm³/mol. The van der Waals surface area contributed by atoms with E-state index in [0.29, 0.717) is 18.0 Å². The second-order valence-corrected chi connectivity index (χ2v) is 10.1. The third kappa shape index (κ3) is 5.16. The topological polar surface area (TPSA) is 84.2 Å². The summed E-state index contributed by atoms with van der Waals surface area (Å²) in [5.41, 5.74) is 6.80. The molecule has 3 heterocycles. The van der Waals surface area contributed by atoms with Crippen LogP contribution < -0.4 is 10.6 Å². The smallest absolute Gasteiger partial charge is 0.222 e. The number of nitrogens with one attached hydrogen (secondary N) is 2. The van der Waals surface area contributed by atoms with Crippen LogP contribution in [-0.4, -0.2) is 37.6 Å². The highest BCUT2D eigenvalue weighted by atomic mass is 16.1. The highest BCUT2D eigenvalue weighted by molar-refractivity contribution is 5.90. The summed E-state index contributed by atoms with van der Waals surface area (Å²) in [4.78, 5) is 22.1. The van der Waals surface area contributed by atoms with E-state index in [2.05, 4.69) is 54.7 Å². The van der Waals surface area contributed by atoms with Crippen molar-refractivity contribution in [1.82, 2.24) is 24.9 Å². The maximum atomic E-state index is 12.2. The minimum atomic E-state index is -0.101. The summed E-state index contributed by atoms with van der Waals surface area (Å²) in [5, 5.41) is 11.3. The molecule has 36 heavy (non-hydrogen) atoms. The SMILES string of the molecule is CC(=O)Nc1c(C2CC2)c(CC[C@@H](C)NC(C)C)nc2c(-c3ccc(-c4ccccc4)nc3)cnn12. The van der Waals surface area contributed by atoms with E-state index in [1.807, 2.05) is 36.7 Å². The van der Waals surface area contributed by atoms with Gasteiger partial charge in [-0.2, -0.15) is 9.61 Å². The van der Waals surface area contributed by atoms with E-state index in [4.69, 9.17) is 9.97 Å². The number of benzene rings is 1. The number of nitrogens with zero attached hydrogens (tertiary/aromatic N) is 4. The fourth-order valence-electron chi connectivity index (χ4n) is 4.87. The number of hydrogen-bond donors (Lipinski definition) is 2. The molecule has 3 aromatic heterocycles. The number of carbonyl (C=O) groups is 1. The number of hydrogen-bond acceptors (Lipinski definition) is 5. The van der Waals surface area contributed by atoms with Crippen molar-refractivity contribution in [3.63, 3.8) is 0 Å². The van der Waals surface area contributed by atoms with Crippen LogP contribution in [0.2, 0.25) is 0 Å². The van der Waals surface area contributed by atoms with Crippen LogP contribution in [-0.2, 0) is 11.2 Å². The molecule has 1 fully saturated rings. The molecule has 0 bridgehead atoms. The quantitative estimate of drug-likeness (QED) is 0.324. The minimum absolute atomic E-state index is 0.101. The van der Waals surface area contributed by atoms with Gasteiger partial charge in [0.1, 0.15) is 5.82 Å². The lowest BCUT2D eigenvalue weighted by Crippen LogP contribution is -2.32. The molecule has 0 spiro atoms. The molecule has 0 saturated heterocycles. The summed E-state index contributed by atoms with van der Waals surface area (Å²) in [6, 6.07) is 15.0. The standard InChI is InChI=1S/C29H34N6O/c1-18(2)32-19(3)10-14-26-27(22-11-12-22)29(33-20(4)36)35-28(34-26)24(17-31-35)23-13-15-25(30-16-23)21-8-6-5-7-9-21/h5-9,13,15-19,22,32H,10-12,14H2,1-4H3,(H,33,36)/t19-/m1/s1. The Hall–Kier alpha value is -3.58. The minimum Gasteiger partial charge on any atom is -0.312 e. The van der Waals surface area contributed by atoms with Crippen molar-refractivity contribution in [2.24, 2.45) is 0 Å². The Labute approximate surface area is 212 Å². The van der Waals surface area contributed by atoms with Gasteiger partial charge in [0.05, 0.1) is 17.6 Å². The summed E-state index contributed by atoms with van der Waals surface area (Å²) in [6.45, 7) is 8.10. The average Bonchev–Trinajstić information content (AvgIpc) is 3.61. The molecule has 2 N–H and O–H groups in total. The lowest BCUT2D eigenvalue weighted by Gasteiger charge is -2.19. The second-order valence-electron chi connectivity index (χ2n) is 10.1. The van der Waals surface area contributed by atoms with Gasteiger partial charge in [-0.3, -0.25) is 9.78 Å². The highest BCUT2D eigenvalue weighted by Gasteiger charge is 2.32. The van der Waals surface area contributed by atoms with Crippen molar-refractivity contribution < 1.29 is 4.79 Å². The summed E-state index contributed by atoms with van der Waals surface area (Å²) < 4.78 is 1.80. The molecule has 7 heteroatoms. The molecule has 1 saturated carbocycles. The Morgan fingerprint density at radius 1 is 1.06 bits per heavy atom. The molecule has 186 valence electrons. The largest absolute Gasteiger partial charge is 0.312 e. The first-order chi connectivity index (χ1) is 17.4. The number of fused-ring (bicyclic) bond motifs is 1. The third-order valence-corrected chi connectivity index (χ3v) is 6.62. The molecule has 1 amide bonds. The Bertz CT molecular complexity index is 1360. The molecule has 1 aliphatic carbocycles. The zero-order chi connectivity index (χ0) is 25.2. The van der Waals surface area contributed by atoms with Crippen molar-refractivity contribution in [3.05, 3.63) is 66.1 Å². The molecule has 0 radical (unpaired) electrons. The van der Waals surface area contributed by atoms with Gasteiger partial charge in [-0.25, -0.2) is 4.98 Å². The first-order valence-corrected chi connectivity index (χ1v) is 12.9. The first-order valence-electron chi connectivity index (χ1n) is 12.9. The van der Waals surface area contributed by atoms with Crippen molar-refractivity contribution in [2.45, 2.75) is 71.4 Å². The molecular weight excluding hydrogens is 448 g/mol. The molecule has 1 aromatic carbocycles. The van der Waals surface area contributed by atoms with Gasteiger partial charge in [-0.15, -0.1) is 0 Å². The Morgan fingerprint density at radius 2 is 1.83 bits per heavy atom. The lowest BCUT2D eigenvalue weighted by atomic mass is 10.0. The first kappa shape index (κ1) is 24.1. The summed E-state index contributed by atoms with van der Waals surface area (Å²) >= 11 is 0. The maximum Gasteiger partial charge on any atom is 0.222 e. The van der Waals surface area contributed by atoms with E-state index in [9.17, 15) is 4.79 Å². The van der Waals surface area contributed by atoms with E-state index in [-0.39, 0.29) is 5.91 Å². The van der Waals surface area contributed by atoms with Crippen LogP contribution in [0.3, 0.4) is 0 Å². The molecule has 5 rings (SSSR count). The molecule has 1 atom stereocenters. The molecule has 0 unspecified atom stereocenters. The second kappa shape index (κ2) is 10.2. The molecule has 0 aliphatic heterocycles. The van der Waals surface area contributed by atoms with Gasteiger partial charge in [-0.05, 0) is 44.6 Å². The van der Waals surface area contributed by atoms with Gasteiger partial charge >= 0.3 is 0 Å².